The minimum atomic E-state index is -3.35. The first kappa shape index (κ1) is 19.7. The third-order valence-corrected chi connectivity index (χ3v) is 6.67. The summed E-state index contributed by atoms with van der Waals surface area (Å²) in [4.78, 5) is 0.364. The Balaban J connectivity index is 1.61. The van der Waals surface area contributed by atoms with Crippen LogP contribution >= 0.6 is 0 Å². The van der Waals surface area contributed by atoms with Crippen molar-refractivity contribution in [3.63, 3.8) is 0 Å². The predicted molar refractivity (Wildman–Crippen MR) is 105 cm³/mol. The molecule has 1 heterocycles. The molecule has 6 nitrogen and oxygen atoms in total. The monoisotopic (exact) mass is 390 g/mol. The Morgan fingerprint density at radius 2 is 1.67 bits per heavy atom. The summed E-state index contributed by atoms with van der Waals surface area (Å²) in [5, 5.41) is 3.36. The van der Waals surface area contributed by atoms with Crippen LogP contribution in [-0.2, 0) is 23.1 Å². The average molecular weight is 391 g/mol. The van der Waals surface area contributed by atoms with E-state index in [4.69, 9.17) is 9.47 Å². The van der Waals surface area contributed by atoms with Crippen molar-refractivity contribution in [2.45, 2.75) is 30.8 Å². The fourth-order valence-electron chi connectivity index (χ4n) is 3.22. The van der Waals surface area contributed by atoms with E-state index >= 15 is 0 Å². The second-order valence-electron chi connectivity index (χ2n) is 6.54. The SMILES string of the molecule is COc1ccc(OC)c(CNCc2ccc(S(=O)(=O)N3CCCC3)cc2)c1. The number of hydrogen-bond acceptors (Lipinski definition) is 5. The molecule has 1 aliphatic heterocycles. The molecule has 1 saturated heterocycles. The van der Waals surface area contributed by atoms with Gasteiger partial charge in [0, 0.05) is 31.7 Å². The third kappa shape index (κ3) is 4.61. The summed E-state index contributed by atoms with van der Waals surface area (Å²) in [6, 6.07) is 12.8. The Hall–Kier alpha value is -2.09. The molecule has 2 aromatic rings. The molecule has 27 heavy (non-hydrogen) atoms. The van der Waals surface area contributed by atoms with Gasteiger partial charge in [-0.15, -0.1) is 0 Å². The maximum absolute atomic E-state index is 12.6. The van der Waals surface area contributed by atoms with E-state index in [0.717, 1.165) is 35.5 Å². The zero-order chi connectivity index (χ0) is 19.3. The van der Waals surface area contributed by atoms with Gasteiger partial charge in [0.15, 0.2) is 0 Å². The van der Waals surface area contributed by atoms with Crippen LogP contribution < -0.4 is 14.8 Å². The number of nitrogens with zero attached hydrogens (tertiary/aromatic N) is 1. The van der Waals surface area contributed by atoms with Crippen LogP contribution in [0.25, 0.3) is 0 Å². The fourth-order valence-corrected chi connectivity index (χ4v) is 4.74. The quantitative estimate of drug-likeness (QED) is 0.751. The molecular formula is C20H26N2O4S. The molecular weight excluding hydrogens is 364 g/mol. The number of nitrogens with one attached hydrogen (secondary N) is 1. The maximum Gasteiger partial charge on any atom is 0.243 e. The maximum atomic E-state index is 12.6. The molecule has 0 amide bonds. The molecule has 0 aliphatic carbocycles. The summed E-state index contributed by atoms with van der Waals surface area (Å²) in [6.07, 6.45) is 1.88. The minimum Gasteiger partial charge on any atom is -0.497 e. The van der Waals surface area contributed by atoms with Gasteiger partial charge in [-0.05, 0) is 48.7 Å². The zero-order valence-electron chi connectivity index (χ0n) is 15.8. The van der Waals surface area contributed by atoms with E-state index in [2.05, 4.69) is 5.32 Å². The second kappa shape index (κ2) is 8.73. The first-order chi connectivity index (χ1) is 13.0. The van der Waals surface area contributed by atoms with E-state index in [1.807, 2.05) is 30.3 Å². The van der Waals surface area contributed by atoms with Crippen LogP contribution in [0.3, 0.4) is 0 Å². The van der Waals surface area contributed by atoms with Gasteiger partial charge in [-0.3, -0.25) is 0 Å². The molecule has 0 bridgehead atoms. The number of benzene rings is 2. The number of rotatable bonds is 8. The van der Waals surface area contributed by atoms with Gasteiger partial charge in [-0.2, -0.15) is 4.31 Å². The Labute approximate surface area is 161 Å². The summed E-state index contributed by atoms with van der Waals surface area (Å²) in [7, 11) is -0.0738. The summed E-state index contributed by atoms with van der Waals surface area (Å²) in [6.45, 7) is 2.49. The topological polar surface area (TPSA) is 67.9 Å². The van der Waals surface area contributed by atoms with Crippen molar-refractivity contribution in [1.82, 2.24) is 9.62 Å². The lowest BCUT2D eigenvalue weighted by atomic mass is 10.1. The van der Waals surface area contributed by atoms with Gasteiger partial charge in [0.1, 0.15) is 11.5 Å². The molecule has 7 heteroatoms. The molecule has 0 unspecified atom stereocenters. The van der Waals surface area contributed by atoms with Crippen molar-refractivity contribution < 1.29 is 17.9 Å². The highest BCUT2D eigenvalue weighted by Gasteiger charge is 2.26. The van der Waals surface area contributed by atoms with Crippen molar-refractivity contribution in [2.24, 2.45) is 0 Å². The van der Waals surface area contributed by atoms with E-state index in [9.17, 15) is 8.42 Å². The third-order valence-electron chi connectivity index (χ3n) is 4.76. The molecule has 0 radical (unpaired) electrons. The van der Waals surface area contributed by atoms with Crippen molar-refractivity contribution in [2.75, 3.05) is 27.3 Å². The molecule has 3 rings (SSSR count). The first-order valence-corrected chi connectivity index (χ1v) is 10.5. The van der Waals surface area contributed by atoms with Crippen molar-refractivity contribution in [3.05, 3.63) is 53.6 Å². The molecule has 2 aromatic carbocycles. The van der Waals surface area contributed by atoms with Crippen LogP contribution in [0.15, 0.2) is 47.4 Å². The van der Waals surface area contributed by atoms with E-state index in [1.165, 1.54) is 0 Å². The highest BCUT2D eigenvalue weighted by molar-refractivity contribution is 7.89. The highest BCUT2D eigenvalue weighted by atomic mass is 32.2. The lowest BCUT2D eigenvalue weighted by molar-refractivity contribution is 0.397. The molecule has 146 valence electrons. The molecule has 0 atom stereocenters. The normalized spacial score (nSPS) is 15.0. The Bertz CT molecular complexity index is 860. The summed E-state index contributed by atoms with van der Waals surface area (Å²) < 4.78 is 37.3. The second-order valence-corrected chi connectivity index (χ2v) is 8.47. The summed E-state index contributed by atoms with van der Waals surface area (Å²) >= 11 is 0. The predicted octanol–water partition coefficient (Wildman–Crippen LogP) is 2.78. The molecule has 0 spiro atoms. The number of hydrogen-bond donors (Lipinski definition) is 1. The van der Waals surface area contributed by atoms with E-state index in [-0.39, 0.29) is 0 Å². The molecule has 1 N–H and O–H groups in total. The van der Waals surface area contributed by atoms with Gasteiger partial charge in [-0.25, -0.2) is 8.42 Å². The Morgan fingerprint density at radius 3 is 2.30 bits per heavy atom. The number of sulfonamides is 1. The molecule has 1 fully saturated rings. The van der Waals surface area contributed by atoms with Crippen LogP contribution in [0.2, 0.25) is 0 Å². The van der Waals surface area contributed by atoms with Crippen LogP contribution in [0.5, 0.6) is 11.5 Å². The molecule has 0 saturated carbocycles. The summed E-state index contributed by atoms with van der Waals surface area (Å²) in [5.74, 6) is 1.58. The minimum absolute atomic E-state index is 0.364. The van der Waals surface area contributed by atoms with Crippen LogP contribution in [0, 0.1) is 0 Å². The van der Waals surface area contributed by atoms with Gasteiger partial charge < -0.3 is 14.8 Å². The lowest BCUT2D eigenvalue weighted by Crippen LogP contribution is -2.27. The average Bonchev–Trinajstić information content (AvgIpc) is 3.24. The number of methoxy groups -OCH3 is 2. The smallest absolute Gasteiger partial charge is 0.243 e. The van der Waals surface area contributed by atoms with E-state index in [0.29, 0.717) is 31.1 Å². The van der Waals surface area contributed by atoms with Gasteiger partial charge in [0.25, 0.3) is 0 Å². The van der Waals surface area contributed by atoms with Crippen LogP contribution in [0.1, 0.15) is 24.0 Å². The Kier molecular flexibility index (Phi) is 6.36. The van der Waals surface area contributed by atoms with Crippen molar-refractivity contribution in [3.8, 4) is 11.5 Å². The van der Waals surface area contributed by atoms with Gasteiger partial charge in [0.2, 0.25) is 10.0 Å². The standard InChI is InChI=1S/C20H26N2O4S/c1-25-18-7-10-20(26-2)17(13-18)15-21-14-16-5-8-19(9-6-16)27(23,24)22-11-3-4-12-22/h5-10,13,21H,3-4,11-12,14-15H2,1-2H3. The number of ether oxygens (including phenoxy) is 2. The van der Waals surface area contributed by atoms with E-state index in [1.54, 1.807) is 30.7 Å². The molecule has 0 aromatic heterocycles. The highest BCUT2D eigenvalue weighted by Crippen LogP contribution is 2.24. The van der Waals surface area contributed by atoms with E-state index < -0.39 is 10.0 Å². The van der Waals surface area contributed by atoms with Gasteiger partial charge >= 0.3 is 0 Å². The van der Waals surface area contributed by atoms with Crippen LogP contribution in [0.4, 0.5) is 0 Å². The fraction of sp³-hybridized carbons (Fsp3) is 0.400. The molecule has 1 aliphatic rings. The summed E-state index contributed by atoms with van der Waals surface area (Å²) in [5.41, 5.74) is 2.03. The Morgan fingerprint density at radius 1 is 0.963 bits per heavy atom. The van der Waals surface area contributed by atoms with Crippen molar-refractivity contribution >= 4 is 10.0 Å². The largest absolute Gasteiger partial charge is 0.497 e. The zero-order valence-corrected chi connectivity index (χ0v) is 16.6. The van der Waals surface area contributed by atoms with Gasteiger partial charge in [-0.1, -0.05) is 12.1 Å². The van der Waals surface area contributed by atoms with Crippen LogP contribution in [-0.4, -0.2) is 40.0 Å². The van der Waals surface area contributed by atoms with Gasteiger partial charge in [0.05, 0.1) is 19.1 Å². The lowest BCUT2D eigenvalue weighted by Gasteiger charge is -2.15. The first-order valence-electron chi connectivity index (χ1n) is 9.05. The van der Waals surface area contributed by atoms with Crippen molar-refractivity contribution in [1.29, 1.82) is 0 Å².